The molecule has 1 N–H and O–H groups in total. The zero-order chi connectivity index (χ0) is 15.5. The van der Waals surface area contributed by atoms with Gasteiger partial charge in [-0.1, -0.05) is 64.4 Å². The van der Waals surface area contributed by atoms with Crippen LogP contribution >= 0.6 is 0 Å². The molecular formula is C18H29F2N. The van der Waals surface area contributed by atoms with Gasteiger partial charge in [0.25, 0.3) is 0 Å². The fourth-order valence-corrected chi connectivity index (χ4v) is 2.76. The van der Waals surface area contributed by atoms with Gasteiger partial charge in [0.05, 0.1) is 0 Å². The van der Waals surface area contributed by atoms with E-state index in [1.54, 1.807) is 7.05 Å². The summed E-state index contributed by atoms with van der Waals surface area (Å²) in [6, 6.07) is 3.84. The predicted octanol–water partition coefficient (Wildman–Crippen LogP) is 5.76. The molecule has 0 saturated heterocycles. The van der Waals surface area contributed by atoms with E-state index in [2.05, 4.69) is 12.2 Å². The minimum atomic E-state index is -0.450. The molecule has 0 saturated carbocycles. The smallest absolute Gasteiger partial charge is 0.130 e. The van der Waals surface area contributed by atoms with Gasteiger partial charge in [0.15, 0.2) is 0 Å². The second-order valence-corrected chi connectivity index (χ2v) is 5.74. The van der Waals surface area contributed by atoms with Crippen molar-refractivity contribution < 1.29 is 8.78 Å². The van der Waals surface area contributed by atoms with E-state index >= 15 is 0 Å². The Balaban J connectivity index is 2.29. The fraction of sp³-hybridized carbons (Fsp3) is 0.667. The lowest BCUT2D eigenvalue weighted by Gasteiger charge is -2.18. The molecule has 1 aromatic rings. The van der Waals surface area contributed by atoms with Crippen LogP contribution in [0.1, 0.15) is 76.3 Å². The van der Waals surface area contributed by atoms with Gasteiger partial charge in [-0.05, 0) is 25.6 Å². The van der Waals surface area contributed by atoms with Crippen molar-refractivity contribution in [1.29, 1.82) is 0 Å². The number of hydrogen-bond donors (Lipinski definition) is 1. The molecule has 0 fully saturated rings. The van der Waals surface area contributed by atoms with Gasteiger partial charge in [-0.25, -0.2) is 8.78 Å². The highest BCUT2D eigenvalue weighted by Gasteiger charge is 2.17. The van der Waals surface area contributed by atoms with Crippen molar-refractivity contribution in [3.63, 3.8) is 0 Å². The number of benzene rings is 1. The van der Waals surface area contributed by atoms with Crippen molar-refractivity contribution in [2.24, 2.45) is 0 Å². The van der Waals surface area contributed by atoms with Crippen molar-refractivity contribution in [2.45, 2.75) is 70.8 Å². The topological polar surface area (TPSA) is 12.0 Å². The molecule has 1 atom stereocenters. The minimum Gasteiger partial charge on any atom is -0.313 e. The summed E-state index contributed by atoms with van der Waals surface area (Å²) in [7, 11) is 1.77. The van der Waals surface area contributed by atoms with Gasteiger partial charge in [0, 0.05) is 11.6 Å². The van der Waals surface area contributed by atoms with Gasteiger partial charge in [0.1, 0.15) is 11.6 Å². The van der Waals surface area contributed by atoms with Gasteiger partial charge < -0.3 is 5.32 Å². The van der Waals surface area contributed by atoms with E-state index in [0.29, 0.717) is 0 Å². The maximum atomic E-state index is 13.8. The van der Waals surface area contributed by atoms with Gasteiger partial charge in [-0.3, -0.25) is 0 Å². The summed E-state index contributed by atoms with van der Waals surface area (Å²) in [5, 5.41) is 3.04. The molecule has 0 heterocycles. The Morgan fingerprint density at radius 1 is 0.905 bits per heavy atom. The molecule has 21 heavy (non-hydrogen) atoms. The molecule has 0 aliphatic rings. The summed E-state index contributed by atoms with van der Waals surface area (Å²) >= 11 is 0. The summed E-state index contributed by atoms with van der Waals surface area (Å²) < 4.78 is 27.5. The molecule has 3 heteroatoms. The van der Waals surface area contributed by atoms with Gasteiger partial charge in [-0.15, -0.1) is 0 Å². The molecular weight excluding hydrogens is 268 g/mol. The first kappa shape index (κ1) is 18.1. The molecule has 0 aliphatic carbocycles. The van der Waals surface area contributed by atoms with Crippen LogP contribution in [-0.4, -0.2) is 7.05 Å². The van der Waals surface area contributed by atoms with Crippen molar-refractivity contribution in [3.8, 4) is 0 Å². The van der Waals surface area contributed by atoms with Crippen LogP contribution in [0.4, 0.5) is 8.78 Å². The number of halogens is 2. The molecule has 120 valence electrons. The molecule has 1 aromatic carbocycles. The van der Waals surface area contributed by atoms with Gasteiger partial charge in [0.2, 0.25) is 0 Å². The average Bonchev–Trinajstić information content (AvgIpc) is 2.47. The van der Waals surface area contributed by atoms with E-state index in [0.717, 1.165) is 19.3 Å². The van der Waals surface area contributed by atoms with Crippen LogP contribution in [-0.2, 0) is 0 Å². The predicted molar refractivity (Wildman–Crippen MR) is 85.4 cm³/mol. The Labute approximate surface area is 128 Å². The van der Waals surface area contributed by atoms with E-state index < -0.39 is 11.6 Å². The Kier molecular flexibility index (Phi) is 9.24. The molecule has 0 spiro atoms. The number of hydrogen-bond acceptors (Lipinski definition) is 1. The first-order valence-electron chi connectivity index (χ1n) is 8.31. The highest BCUT2D eigenvalue weighted by Crippen LogP contribution is 2.25. The summed E-state index contributed by atoms with van der Waals surface area (Å²) in [5.74, 6) is -0.900. The lowest BCUT2D eigenvalue weighted by molar-refractivity contribution is 0.449. The summed E-state index contributed by atoms with van der Waals surface area (Å²) in [4.78, 5) is 0. The van der Waals surface area contributed by atoms with Crippen LogP contribution in [0.5, 0.6) is 0 Å². The largest absolute Gasteiger partial charge is 0.313 e. The van der Waals surface area contributed by atoms with Crippen LogP contribution in [0.2, 0.25) is 0 Å². The molecule has 1 unspecified atom stereocenters. The third-order valence-electron chi connectivity index (χ3n) is 4.04. The Hall–Kier alpha value is -0.960. The second-order valence-electron chi connectivity index (χ2n) is 5.74. The summed E-state index contributed by atoms with van der Waals surface area (Å²) in [6.45, 7) is 2.22. The Morgan fingerprint density at radius 3 is 1.95 bits per heavy atom. The highest BCUT2D eigenvalue weighted by molar-refractivity contribution is 5.23. The lowest BCUT2D eigenvalue weighted by Crippen LogP contribution is -2.19. The van der Waals surface area contributed by atoms with Crippen molar-refractivity contribution >= 4 is 0 Å². The third-order valence-corrected chi connectivity index (χ3v) is 4.04. The van der Waals surface area contributed by atoms with Crippen LogP contribution < -0.4 is 5.32 Å². The Morgan fingerprint density at radius 2 is 1.43 bits per heavy atom. The Bertz CT molecular complexity index is 373. The minimum absolute atomic E-state index is 0.183. The third kappa shape index (κ3) is 6.56. The van der Waals surface area contributed by atoms with Gasteiger partial charge in [-0.2, -0.15) is 0 Å². The second kappa shape index (κ2) is 10.7. The van der Waals surface area contributed by atoms with E-state index in [9.17, 15) is 8.78 Å². The molecule has 0 radical (unpaired) electrons. The van der Waals surface area contributed by atoms with Crippen LogP contribution in [0.15, 0.2) is 18.2 Å². The summed E-state index contributed by atoms with van der Waals surface area (Å²) in [5.41, 5.74) is 0.183. The standard InChI is InChI=1S/C18H29F2N/c1-3-4-5-6-7-8-9-10-14-17(21-2)18-15(19)12-11-13-16(18)20/h11-13,17,21H,3-10,14H2,1-2H3. The summed E-state index contributed by atoms with van der Waals surface area (Å²) in [6.07, 6.45) is 10.7. The zero-order valence-electron chi connectivity index (χ0n) is 13.4. The normalized spacial score (nSPS) is 12.6. The molecule has 1 rings (SSSR count). The van der Waals surface area contributed by atoms with Crippen molar-refractivity contribution in [2.75, 3.05) is 7.05 Å². The van der Waals surface area contributed by atoms with E-state index in [-0.39, 0.29) is 11.6 Å². The van der Waals surface area contributed by atoms with Crippen LogP contribution in [0.3, 0.4) is 0 Å². The SMILES string of the molecule is CCCCCCCCCCC(NC)c1c(F)cccc1F. The maximum absolute atomic E-state index is 13.8. The fourth-order valence-electron chi connectivity index (χ4n) is 2.76. The van der Waals surface area contributed by atoms with E-state index in [4.69, 9.17) is 0 Å². The molecule has 0 amide bonds. The van der Waals surface area contributed by atoms with Crippen LogP contribution in [0, 0.1) is 11.6 Å². The van der Waals surface area contributed by atoms with Gasteiger partial charge >= 0.3 is 0 Å². The first-order chi connectivity index (χ1) is 10.2. The van der Waals surface area contributed by atoms with E-state index in [1.165, 1.54) is 56.7 Å². The maximum Gasteiger partial charge on any atom is 0.130 e. The zero-order valence-corrected chi connectivity index (χ0v) is 13.4. The van der Waals surface area contributed by atoms with Crippen molar-refractivity contribution in [3.05, 3.63) is 35.4 Å². The first-order valence-corrected chi connectivity index (χ1v) is 8.31. The van der Waals surface area contributed by atoms with Crippen LogP contribution in [0.25, 0.3) is 0 Å². The monoisotopic (exact) mass is 297 g/mol. The lowest BCUT2D eigenvalue weighted by atomic mass is 9.98. The highest BCUT2D eigenvalue weighted by atomic mass is 19.1. The number of rotatable bonds is 11. The molecule has 1 nitrogen and oxygen atoms in total. The van der Waals surface area contributed by atoms with E-state index in [1.807, 2.05) is 0 Å². The average molecular weight is 297 g/mol. The van der Waals surface area contributed by atoms with Crippen molar-refractivity contribution in [1.82, 2.24) is 5.32 Å². The number of nitrogens with one attached hydrogen (secondary N) is 1. The molecule has 0 aromatic heterocycles. The molecule has 0 bridgehead atoms. The molecule has 0 aliphatic heterocycles. The number of unbranched alkanes of at least 4 members (excludes halogenated alkanes) is 7. The quantitative estimate of drug-likeness (QED) is 0.512.